The zero-order valence-corrected chi connectivity index (χ0v) is 16.2. The summed E-state index contributed by atoms with van der Waals surface area (Å²) in [6, 6.07) is 11.2. The van der Waals surface area contributed by atoms with Gasteiger partial charge in [-0.2, -0.15) is 0 Å². The van der Waals surface area contributed by atoms with Crippen molar-refractivity contribution in [1.29, 1.82) is 0 Å². The van der Waals surface area contributed by atoms with E-state index in [0.717, 1.165) is 11.1 Å². The van der Waals surface area contributed by atoms with Crippen LogP contribution in [0.3, 0.4) is 0 Å². The van der Waals surface area contributed by atoms with Crippen LogP contribution in [0.1, 0.15) is 97.0 Å². The maximum absolute atomic E-state index is 11.7. The number of aliphatic hydroxyl groups is 1. The zero-order valence-electron chi connectivity index (χ0n) is 16.2. The smallest absolute Gasteiger partial charge is 0.335 e. The van der Waals surface area contributed by atoms with Crippen LogP contribution in [0.2, 0.25) is 0 Å². The quantitative estimate of drug-likeness (QED) is 0.777. The van der Waals surface area contributed by atoms with E-state index in [1.807, 2.05) is 0 Å². The van der Waals surface area contributed by atoms with E-state index in [2.05, 4.69) is 46.8 Å². The van der Waals surface area contributed by atoms with Crippen LogP contribution in [-0.4, -0.2) is 16.2 Å². The van der Waals surface area contributed by atoms with E-state index < -0.39 is 11.6 Å². The first-order valence-corrected chi connectivity index (χ1v) is 9.39. The first kappa shape index (κ1) is 18.7. The largest absolute Gasteiger partial charge is 0.478 e. The van der Waals surface area contributed by atoms with Gasteiger partial charge in [-0.25, -0.2) is 4.79 Å². The van der Waals surface area contributed by atoms with Gasteiger partial charge < -0.3 is 10.2 Å². The van der Waals surface area contributed by atoms with Gasteiger partial charge in [0.15, 0.2) is 0 Å². The molecule has 0 saturated carbocycles. The van der Waals surface area contributed by atoms with Crippen molar-refractivity contribution in [2.45, 2.75) is 64.4 Å². The lowest BCUT2D eigenvalue weighted by molar-refractivity contribution is 0.0692. The third-order valence-corrected chi connectivity index (χ3v) is 5.67. The number of carboxylic acids is 1. The number of hydrogen-bond acceptors (Lipinski definition) is 2. The summed E-state index contributed by atoms with van der Waals surface area (Å²) < 4.78 is 0. The first-order valence-electron chi connectivity index (χ1n) is 9.39. The van der Waals surface area contributed by atoms with Crippen LogP contribution in [0.4, 0.5) is 0 Å². The number of rotatable bonds is 4. The van der Waals surface area contributed by atoms with Gasteiger partial charge in [0.1, 0.15) is 5.60 Å². The number of fused-ring (bicyclic) bond motifs is 1. The first-order chi connectivity index (χ1) is 12.1. The molecule has 3 nitrogen and oxygen atoms in total. The molecule has 0 unspecified atom stereocenters. The minimum atomic E-state index is -1.07. The SMILES string of the molecule is CC(C)c1cc(C(C)C)c2c(c1)[C@H](C)C[C@@]2(O)c1ccc(C(=O)O)cc1. The molecular weight excluding hydrogens is 324 g/mol. The Kier molecular flexibility index (Phi) is 4.70. The molecule has 2 atom stereocenters. The summed E-state index contributed by atoms with van der Waals surface area (Å²) in [4.78, 5) is 11.1. The summed E-state index contributed by atoms with van der Waals surface area (Å²) in [5.41, 5.74) is 4.69. The number of aromatic carboxylic acids is 1. The van der Waals surface area contributed by atoms with E-state index >= 15 is 0 Å². The Labute approximate surface area is 155 Å². The Morgan fingerprint density at radius 2 is 1.69 bits per heavy atom. The van der Waals surface area contributed by atoms with E-state index in [0.29, 0.717) is 18.3 Å². The molecule has 1 aliphatic carbocycles. The topological polar surface area (TPSA) is 57.5 Å². The van der Waals surface area contributed by atoms with Crippen LogP contribution in [0, 0.1) is 0 Å². The fourth-order valence-corrected chi connectivity index (χ4v) is 4.17. The summed E-state index contributed by atoms with van der Waals surface area (Å²) in [5.74, 6) is 0.0460. The average molecular weight is 352 g/mol. The molecule has 0 saturated heterocycles. The summed E-state index contributed by atoms with van der Waals surface area (Å²) in [6.07, 6.45) is 0.621. The van der Waals surface area contributed by atoms with Crippen molar-refractivity contribution in [2.24, 2.45) is 0 Å². The highest BCUT2D eigenvalue weighted by molar-refractivity contribution is 5.87. The molecular formula is C23H28O3. The molecule has 3 heteroatoms. The van der Waals surface area contributed by atoms with Crippen molar-refractivity contribution in [3.05, 3.63) is 69.8 Å². The summed E-state index contributed by atoms with van der Waals surface area (Å²) in [6.45, 7) is 10.9. The van der Waals surface area contributed by atoms with Gasteiger partial charge in [-0.1, -0.05) is 58.9 Å². The van der Waals surface area contributed by atoms with Crippen molar-refractivity contribution in [3.63, 3.8) is 0 Å². The number of carboxylic acid groups (broad SMARTS) is 1. The second kappa shape index (κ2) is 6.55. The molecule has 26 heavy (non-hydrogen) atoms. The zero-order chi connectivity index (χ0) is 19.2. The molecule has 1 aliphatic rings. The Hall–Kier alpha value is -2.13. The fourth-order valence-electron chi connectivity index (χ4n) is 4.17. The minimum Gasteiger partial charge on any atom is -0.478 e. The maximum Gasteiger partial charge on any atom is 0.335 e. The predicted octanol–water partition coefficient (Wildman–Crippen LogP) is 5.37. The molecule has 0 fully saturated rings. The van der Waals surface area contributed by atoms with E-state index in [-0.39, 0.29) is 11.5 Å². The molecule has 3 rings (SSSR count). The molecule has 2 aromatic rings. The van der Waals surface area contributed by atoms with Crippen LogP contribution < -0.4 is 0 Å². The van der Waals surface area contributed by atoms with E-state index in [4.69, 9.17) is 5.11 Å². The van der Waals surface area contributed by atoms with Gasteiger partial charge >= 0.3 is 5.97 Å². The van der Waals surface area contributed by atoms with Gasteiger partial charge in [0.2, 0.25) is 0 Å². The van der Waals surface area contributed by atoms with E-state index in [9.17, 15) is 9.90 Å². The van der Waals surface area contributed by atoms with Crippen molar-refractivity contribution in [1.82, 2.24) is 0 Å². The third-order valence-electron chi connectivity index (χ3n) is 5.67. The lowest BCUT2D eigenvalue weighted by atomic mass is 9.80. The van der Waals surface area contributed by atoms with Crippen LogP contribution in [0.15, 0.2) is 36.4 Å². The Bertz CT molecular complexity index is 833. The van der Waals surface area contributed by atoms with Crippen LogP contribution in [0.5, 0.6) is 0 Å². The highest BCUT2D eigenvalue weighted by Gasteiger charge is 2.44. The standard InChI is InChI=1S/C23H28O3/c1-13(2)17-10-19(14(3)4)21-20(11-17)15(5)12-23(21,26)18-8-6-16(7-9-18)22(24)25/h6-11,13-15,26H,12H2,1-5H3,(H,24,25)/t15-,23-/m1/s1. The fraction of sp³-hybridized carbons (Fsp3) is 0.435. The molecule has 0 radical (unpaired) electrons. The van der Waals surface area contributed by atoms with Gasteiger partial charge in [-0.05, 0) is 64.1 Å². The molecule has 2 N–H and O–H groups in total. The monoisotopic (exact) mass is 352 g/mol. The molecule has 0 bridgehead atoms. The Morgan fingerprint density at radius 3 is 2.19 bits per heavy atom. The number of hydrogen-bond donors (Lipinski definition) is 2. The van der Waals surface area contributed by atoms with Crippen molar-refractivity contribution < 1.29 is 15.0 Å². The van der Waals surface area contributed by atoms with Gasteiger partial charge in [0.25, 0.3) is 0 Å². The van der Waals surface area contributed by atoms with Crippen molar-refractivity contribution in [2.75, 3.05) is 0 Å². The summed E-state index contributed by atoms with van der Waals surface area (Å²) >= 11 is 0. The van der Waals surface area contributed by atoms with E-state index in [1.165, 1.54) is 16.7 Å². The van der Waals surface area contributed by atoms with Crippen LogP contribution in [0.25, 0.3) is 0 Å². The normalized spacial score (nSPS) is 22.1. The molecule has 0 amide bonds. The summed E-state index contributed by atoms with van der Waals surface area (Å²) in [5, 5.41) is 20.9. The Morgan fingerprint density at radius 1 is 1.08 bits per heavy atom. The van der Waals surface area contributed by atoms with Gasteiger partial charge in [-0.3, -0.25) is 0 Å². The van der Waals surface area contributed by atoms with Gasteiger partial charge in [0, 0.05) is 0 Å². The predicted molar refractivity (Wildman–Crippen MR) is 104 cm³/mol. The van der Waals surface area contributed by atoms with Gasteiger partial charge in [0.05, 0.1) is 5.56 Å². The van der Waals surface area contributed by atoms with Crippen LogP contribution in [-0.2, 0) is 5.60 Å². The highest BCUT2D eigenvalue weighted by atomic mass is 16.4. The maximum atomic E-state index is 11.7. The second-order valence-corrected chi connectivity index (χ2v) is 8.23. The highest BCUT2D eigenvalue weighted by Crippen LogP contribution is 2.51. The Balaban J connectivity index is 2.20. The molecule has 0 aliphatic heterocycles. The molecule has 0 heterocycles. The summed E-state index contributed by atoms with van der Waals surface area (Å²) in [7, 11) is 0. The van der Waals surface area contributed by atoms with Crippen LogP contribution >= 0.6 is 0 Å². The minimum absolute atomic E-state index is 0.239. The number of benzene rings is 2. The van der Waals surface area contributed by atoms with Crippen molar-refractivity contribution in [3.8, 4) is 0 Å². The second-order valence-electron chi connectivity index (χ2n) is 8.23. The molecule has 0 spiro atoms. The van der Waals surface area contributed by atoms with E-state index in [1.54, 1.807) is 24.3 Å². The average Bonchev–Trinajstić information content (AvgIpc) is 2.86. The van der Waals surface area contributed by atoms with Crippen molar-refractivity contribution >= 4 is 5.97 Å². The lowest BCUT2D eigenvalue weighted by Crippen LogP contribution is -2.26. The molecule has 138 valence electrons. The number of carbonyl (C=O) groups is 1. The molecule has 0 aromatic heterocycles. The lowest BCUT2D eigenvalue weighted by Gasteiger charge is -2.29. The third kappa shape index (κ3) is 2.95. The van der Waals surface area contributed by atoms with Gasteiger partial charge in [-0.15, -0.1) is 0 Å². The molecule has 2 aromatic carbocycles.